The monoisotopic (exact) mass is 185 g/mol. The Balaban J connectivity index is 2.87. The maximum atomic E-state index is 11.2. The first-order chi connectivity index (χ1) is 5.65. The highest BCUT2D eigenvalue weighted by molar-refractivity contribution is 7.14. The largest absolute Gasteiger partial charge is 0.462 e. The molecule has 1 aromatic rings. The Morgan fingerprint density at radius 2 is 2.42 bits per heavy atom. The van der Waals surface area contributed by atoms with Gasteiger partial charge in [-0.3, -0.25) is 0 Å². The first kappa shape index (κ1) is 9.06. The molecule has 0 saturated carbocycles. The summed E-state index contributed by atoms with van der Waals surface area (Å²) in [5.74, 6) is -0.326. The smallest absolute Gasteiger partial charge is 0.350 e. The molecule has 1 rings (SSSR count). The molecule has 4 heteroatoms. The van der Waals surface area contributed by atoms with Crippen LogP contribution in [-0.4, -0.2) is 12.6 Å². The number of aryl methyl sites for hydroxylation is 1. The van der Waals surface area contributed by atoms with E-state index in [0.29, 0.717) is 17.2 Å². The number of hydrogen-bond acceptors (Lipinski definition) is 4. The molecular formula is C8H11NO2S. The van der Waals surface area contributed by atoms with Crippen molar-refractivity contribution in [2.24, 2.45) is 0 Å². The van der Waals surface area contributed by atoms with Gasteiger partial charge in [0, 0.05) is 4.88 Å². The van der Waals surface area contributed by atoms with Crippen molar-refractivity contribution in [1.82, 2.24) is 0 Å². The highest BCUT2D eigenvalue weighted by atomic mass is 32.1. The number of carbonyl (C=O) groups excluding carboxylic acids is 1. The van der Waals surface area contributed by atoms with Crippen molar-refractivity contribution in [1.29, 1.82) is 0 Å². The summed E-state index contributed by atoms with van der Waals surface area (Å²) in [6, 6.07) is 1.77. The molecule has 0 atom stereocenters. The molecule has 12 heavy (non-hydrogen) atoms. The zero-order valence-electron chi connectivity index (χ0n) is 7.09. The lowest BCUT2D eigenvalue weighted by molar-refractivity contribution is 0.0533. The van der Waals surface area contributed by atoms with Gasteiger partial charge in [-0.2, -0.15) is 0 Å². The standard InChI is InChI=1S/C8H11NO2S/c1-3-11-8(10)7-6(9)4-5(2)12-7/h4H,3,9H2,1-2H3. The number of hydrogen-bond donors (Lipinski definition) is 1. The van der Waals surface area contributed by atoms with Gasteiger partial charge in [0.1, 0.15) is 4.88 Å². The zero-order valence-corrected chi connectivity index (χ0v) is 7.90. The Morgan fingerprint density at radius 1 is 1.75 bits per heavy atom. The number of rotatable bonds is 2. The van der Waals surface area contributed by atoms with Gasteiger partial charge >= 0.3 is 5.97 Å². The summed E-state index contributed by atoms with van der Waals surface area (Å²) in [4.78, 5) is 12.7. The van der Waals surface area contributed by atoms with E-state index < -0.39 is 0 Å². The molecule has 0 fully saturated rings. The van der Waals surface area contributed by atoms with Gasteiger partial charge in [-0.25, -0.2) is 4.79 Å². The van der Waals surface area contributed by atoms with Gasteiger partial charge in [0.15, 0.2) is 0 Å². The number of nitrogen functional groups attached to an aromatic ring is 1. The molecule has 3 nitrogen and oxygen atoms in total. The number of nitrogens with two attached hydrogens (primary N) is 1. The lowest BCUT2D eigenvalue weighted by Crippen LogP contribution is -2.04. The predicted octanol–water partition coefficient (Wildman–Crippen LogP) is 1.82. The van der Waals surface area contributed by atoms with E-state index in [1.807, 2.05) is 6.92 Å². The molecule has 0 radical (unpaired) electrons. The van der Waals surface area contributed by atoms with E-state index >= 15 is 0 Å². The van der Waals surface area contributed by atoms with Crippen molar-refractivity contribution in [3.63, 3.8) is 0 Å². The van der Waals surface area contributed by atoms with Crippen molar-refractivity contribution >= 4 is 23.0 Å². The first-order valence-electron chi connectivity index (χ1n) is 3.68. The molecule has 0 bridgehead atoms. The molecule has 0 unspecified atom stereocenters. The molecule has 2 N–H and O–H groups in total. The van der Waals surface area contributed by atoms with E-state index in [2.05, 4.69) is 0 Å². The Morgan fingerprint density at radius 3 is 2.83 bits per heavy atom. The summed E-state index contributed by atoms with van der Waals surface area (Å²) < 4.78 is 4.81. The Bertz CT molecular complexity index is 293. The van der Waals surface area contributed by atoms with Gasteiger partial charge in [0.05, 0.1) is 12.3 Å². The molecule has 1 heterocycles. The van der Waals surface area contributed by atoms with Crippen LogP contribution in [0, 0.1) is 6.92 Å². The minimum Gasteiger partial charge on any atom is -0.462 e. The average Bonchev–Trinajstić information content (AvgIpc) is 2.30. The van der Waals surface area contributed by atoms with Gasteiger partial charge in [-0.05, 0) is 19.9 Å². The second kappa shape index (κ2) is 3.58. The van der Waals surface area contributed by atoms with Gasteiger partial charge in [-0.15, -0.1) is 11.3 Å². The number of esters is 1. The van der Waals surface area contributed by atoms with Crippen molar-refractivity contribution in [3.05, 3.63) is 15.8 Å². The molecule has 0 aliphatic rings. The number of ether oxygens (including phenoxy) is 1. The minimum atomic E-state index is -0.326. The fraction of sp³-hybridized carbons (Fsp3) is 0.375. The highest BCUT2D eigenvalue weighted by Crippen LogP contribution is 2.24. The van der Waals surface area contributed by atoms with Crippen LogP contribution in [0.3, 0.4) is 0 Å². The molecule has 66 valence electrons. The summed E-state index contributed by atoms with van der Waals surface area (Å²) in [7, 11) is 0. The van der Waals surface area contributed by atoms with Crippen LogP contribution in [0.1, 0.15) is 21.5 Å². The van der Waals surface area contributed by atoms with Crippen LogP contribution >= 0.6 is 11.3 Å². The highest BCUT2D eigenvalue weighted by Gasteiger charge is 2.13. The van der Waals surface area contributed by atoms with Crippen molar-refractivity contribution in [2.75, 3.05) is 12.3 Å². The third-order valence-corrected chi connectivity index (χ3v) is 2.39. The normalized spacial score (nSPS) is 9.83. The number of thiophene rings is 1. The second-order valence-corrected chi connectivity index (χ2v) is 3.62. The van der Waals surface area contributed by atoms with Crippen LogP contribution in [0.25, 0.3) is 0 Å². The molecule has 0 aliphatic heterocycles. The Labute approximate surface area is 75.1 Å². The maximum absolute atomic E-state index is 11.2. The first-order valence-corrected chi connectivity index (χ1v) is 4.49. The quantitative estimate of drug-likeness (QED) is 0.715. The predicted molar refractivity (Wildman–Crippen MR) is 49.4 cm³/mol. The van der Waals surface area contributed by atoms with Gasteiger partial charge in [-0.1, -0.05) is 0 Å². The molecule has 0 saturated heterocycles. The van der Waals surface area contributed by atoms with Crippen molar-refractivity contribution in [2.45, 2.75) is 13.8 Å². The number of anilines is 1. The van der Waals surface area contributed by atoms with Gasteiger partial charge < -0.3 is 10.5 Å². The van der Waals surface area contributed by atoms with E-state index in [1.165, 1.54) is 11.3 Å². The second-order valence-electron chi connectivity index (χ2n) is 2.36. The molecule has 0 spiro atoms. The van der Waals surface area contributed by atoms with Gasteiger partial charge in [0.25, 0.3) is 0 Å². The summed E-state index contributed by atoms with van der Waals surface area (Å²) in [5.41, 5.74) is 6.09. The summed E-state index contributed by atoms with van der Waals surface area (Å²) in [6.07, 6.45) is 0. The molecule has 0 amide bonds. The van der Waals surface area contributed by atoms with E-state index in [0.717, 1.165) is 4.88 Å². The van der Waals surface area contributed by atoms with Crippen LogP contribution in [0.15, 0.2) is 6.07 Å². The van der Waals surface area contributed by atoms with Crippen LogP contribution in [0.2, 0.25) is 0 Å². The summed E-state index contributed by atoms with van der Waals surface area (Å²) >= 11 is 1.36. The topological polar surface area (TPSA) is 52.3 Å². The van der Waals surface area contributed by atoms with E-state index in [-0.39, 0.29) is 5.97 Å². The summed E-state index contributed by atoms with van der Waals surface area (Å²) in [6.45, 7) is 4.06. The fourth-order valence-corrected chi connectivity index (χ4v) is 1.72. The Kier molecular flexibility index (Phi) is 2.70. The zero-order chi connectivity index (χ0) is 9.14. The average molecular weight is 185 g/mol. The van der Waals surface area contributed by atoms with Gasteiger partial charge in [0.2, 0.25) is 0 Å². The van der Waals surface area contributed by atoms with Crippen LogP contribution in [0.4, 0.5) is 5.69 Å². The van der Waals surface area contributed by atoms with E-state index in [1.54, 1.807) is 13.0 Å². The third-order valence-electron chi connectivity index (χ3n) is 1.34. The molecular weight excluding hydrogens is 174 g/mol. The minimum absolute atomic E-state index is 0.326. The van der Waals surface area contributed by atoms with E-state index in [9.17, 15) is 4.79 Å². The maximum Gasteiger partial charge on any atom is 0.350 e. The van der Waals surface area contributed by atoms with Crippen molar-refractivity contribution in [3.8, 4) is 0 Å². The van der Waals surface area contributed by atoms with Crippen molar-refractivity contribution < 1.29 is 9.53 Å². The fourth-order valence-electron chi connectivity index (χ4n) is 0.890. The van der Waals surface area contributed by atoms with Crippen LogP contribution < -0.4 is 5.73 Å². The lowest BCUT2D eigenvalue weighted by atomic mass is 10.4. The number of carbonyl (C=O) groups is 1. The van der Waals surface area contributed by atoms with Crippen LogP contribution in [0.5, 0.6) is 0 Å². The molecule has 0 aliphatic carbocycles. The molecule has 1 aromatic heterocycles. The molecule has 0 aromatic carbocycles. The Hall–Kier alpha value is -1.03. The third kappa shape index (κ3) is 1.76. The summed E-state index contributed by atoms with van der Waals surface area (Å²) in [5, 5.41) is 0. The van der Waals surface area contributed by atoms with Crippen LogP contribution in [-0.2, 0) is 4.74 Å². The lowest BCUT2D eigenvalue weighted by Gasteiger charge is -1.98. The SMILES string of the molecule is CCOC(=O)c1sc(C)cc1N. The van der Waals surface area contributed by atoms with E-state index in [4.69, 9.17) is 10.5 Å².